The zero-order valence-corrected chi connectivity index (χ0v) is 20.5. The van der Waals surface area contributed by atoms with E-state index in [-0.39, 0.29) is 49.3 Å². The molecule has 2 aromatic rings. The van der Waals surface area contributed by atoms with Gasteiger partial charge in [-0.15, -0.1) is 0 Å². The third kappa shape index (κ3) is 6.28. The van der Waals surface area contributed by atoms with Crippen LogP contribution in [0.4, 0.5) is 11.4 Å². The molecule has 2 aliphatic rings. The van der Waals surface area contributed by atoms with Gasteiger partial charge in [-0.25, -0.2) is 20.7 Å². The van der Waals surface area contributed by atoms with E-state index in [4.69, 9.17) is 0 Å². The van der Waals surface area contributed by atoms with Crippen LogP contribution in [0.5, 0.6) is 0 Å². The highest BCUT2D eigenvalue weighted by Gasteiger charge is 2.40. The number of rotatable bonds is 11. The van der Waals surface area contributed by atoms with Gasteiger partial charge in [-0.2, -0.15) is 0 Å². The van der Waals surface area contributed by atoms with Gasteiger partial charge < -0.3 is 0 Å². The molecular formula is C26H28N6O6. The lowest BCUT2D eigenvalue weighted by molar-refractivity contribution is -0.126. The Morgan fingerprint density at radius 2 is 1.00 bits per heavy atom. The van der Waals surface area contributed by atoms with Gasteiger partial charge in [-0.1, -0.05) is 36.4 Å². The van der Waals surface area contributed by atoms with Gasteiger partial charge in [0.2, 0.25) is 23.6 Å². The van der Waals surface area contributed by atoms with E-state index in [9.17, 15) is 28.8 Å². The Bertz CT molecular complexity index is 1130. The summed E-state index contributed by atoms with van der Waals surface area (Å²) in [4.78, 5) is 76.0. The van der Waals surface area contributed by atoms with E-state index in [2.05, 4.69) is 21.7 Å². The maximum atomic E-state index is 12.5. The van der Waals surface area contributed by atoms with Gasteiger partial charge in [0.15, 0.2) is 0 Å². The Hall–Kier alpha value is -4.42. The average molecular weight is 521 g/mol. The number of hydrogen-bond acceptors (Lipinski definition) is 8. The summed E-state index contributed by atoms with van der Waals surface area (Å²) >= 11 is 0. The number of para-hydroxylation sites is 2. The lowest BCUT2D eigenvalue weighted by Crippen LogP contribution is -2.48. The van der Waals surface area contributed by atoms with E-state index in [1.54, 1.807) is 60.7 Å². The first-order valence-corrected chi connectivity index (χ1v) is 12.3. The van der Waals surface area contributed by atoms with E-state index in [0.29, 0.717) is 24.2 Å². The van der Waals surface area contributed by atoms with E-state index in [1.807, 2.05) is 0 Å². The predicted molar refractivity (Wildman–Crippen MR) is 136 cm³/mol. The molecule has 12 heteroatoms. The number of benzene rings is 2. The fourth-order valence-corrected chi connectivity index (χ4v) is 4.22. The smallest absolute Gasteiger partial charge is 0.253 e. The zero-order chi connectivity index (χ0) is 27.1. The van der Waals surface area contributed by atoms with Crippen molar-refractivity contribution in [1.82, 2.24) is 21.7 Å². The van der Waals surface area contributed by atoms with Crippen LogP contribution < -0.4 is 31.5 Å². The third-order valence-electron chi connectivity index (χ3n) is 6.15. The number of carbonyl (C=O) groups is 6. The highest BCUT2D eigenvalue weighted by atomic mass is 16.2. The minimum Gasteiger partial charge on any atom is -0.291 e. The summed E-state index contributed by atoms with van der Waals surface area (Å²) in [6, 6.07) is 15.4. The third-order valence-corrected chi connectivity index (χ3v) is 6.15. The van der Waals surface area contributed by atoms with Crippen LogP contribution in [-0.2, 0) is 28.8 Å². The van der Waals surface area contributed by atoms with Gasteiger partial charge in [0.25, 0.3) is 11.8 Å². The number of carbonyl (C=O) groups excluding carboxylic acids is 6. The number of hydrazine groups is 2. The number of imide groups is 2. The molecule has 6 amide bonds. The lowest BCUT2D eigenvalue weighted by Gasteiger charge is -2.16. The van der Waals surface area contributed by atoms with E-state index >= 15 is 0 Å². The van der Waals surface area contributed by atoms with Crippen LogP contribution in [0, 0.1) is 0 Å². The second-order valence-electron chi connectivity index (χ2n) is 8.91. The topological polar surface area (TPSA) is 157 Å². The van der Waals surface area contributed by atoms with Gasteiger partial charge in [0.05, 0.1) is 24.2 Å². The molecule has 0 bridgehead atoms. The van der Waals surface area contributed by atoms with Crippen molar-refractivity contribution < 1.29 is 28.8 Å². The molecule has 0 saturated carbocycles. The Balaban J connectivity index is 1.11. The predicted octanol–water partition coefficient (Wildman–Crippen LogP) is 0.453. The number of nitrogens with one attached hydrogen (secondary N) is 4. The van der Waals surface area contributed by atoms with Gasteiger partial charge in [-0.05, 0) is 37.1 Å². The molecule has 38 heavy (non-hydrogen) atoms. The Morgan fingerprint density at radius 3 is 1.37 bits per heavy atom. The summed E-state index contributed by atoms with van der Waals surface area (Å²) < 4.78 is 0. The van der Waals surface area contributed by atoms with Gasteiger partial charge in [-0.3, -0.25) is 39.6 Å². The molecule has 4 N–H and O–H groups in total. The van der Waals surface area contributed by atoms with Crippen molar-refractivity contribution >= 4 is 46.8 Å². The van der Waals surface area contributed by atoms with Crippen LogP contribution in [0.3, 0.4) is 0 Å². The number of nitrogens with zero attached hydrogens (tertiary/aromatic N) is 2. The highest BCUT2D eigenvalue weighted by Crippen LogP contribution is 2.23. The molecule has 12 nitrogen and oxygen atoms in total. The molecule has 0 aromatic heterocycles. The number of unbranched alkanes of at least 4 members (excludes halogenated alkanes) is 1. The first kappa shape index (κ1) is 26.6. The fourth-order valence-electron chi connectivity index (χ4n) is 4.22. The van der Waals surface area contributed by atoms with Crippen molar-refractivity contribution in [3.63, 3.8) is 0 Å². The second-order valence-corrected chi connectivity index (χ2v) is 8.91. The molecular weight excluding hydrogens is 492 g/mol. The summed E-state index contributed by atoms with van der Waals surface area (Å²) in [5, 5.41) is 0. The molecule has 2 atom stereocenters. The summed E-state index contributed by atoms with van der Waals surface area (Å²) in [6.07, 6.45) is 0.868. The molecule has 0 radical (unpaired) electrons. The van der Waals surface area contributed by atoms with Gasteiger partial charge in [0, 0.05) is 12.8 Å². The Kier molecular flexibility index (Phi) is 8.56. The summed E-state index contributed by atoms with van der Waals surface area (Å²) in [6.45, 7) is 0. The van der Waals surface area contributed by atoms with Gasteiger partial charge in [0.1, 0.15) is 12.1 Å². The summed E-state index contributed by atoms with van der Waals surface area (Å²) in [7, 11) is 0. The maximum absolute atomic E-state index is 12.5. The van der Waals surface area contributed by atoms with Crippen molar-refractivity contribution in [1.29, 1.82) is 0 Å². The number of hydrogen-bond donors (Lipinski definition) is 4. The molecule has 2 fully saturated rings. The quantitative estimate of drug-likeness (QED) is 0.189. The molecule has 2 aromatic carbocycles. The average Bonchev–Trinajstić information content (AvgIpc) is 3.37. The van der Waals surface area contributed by atoms with Crippen LogP contribution in [0.25, 0.3) is 0 Å². The SMILES string of the molecule is O=C(CCCCC(=O)NN[C@@H]1CC(=O)N(c2ccccc2)C1=O)NN[C@H]1CC(=O)N(c2ccccc2)C1=O. The first-order chi connectivity index (χ1) is 18.3. The summed E-state index contributed by atoms with van der Waals surface area (Å²) in [5.41, 5.74) is 11.1. The number of anilines is 2. The normalized spacial score (nSPS) is 19.3. The van der Waals surface area contributed by atoms with Crippen molar-refractivity contribution in [2.24, 2.45) is 0 Å². The fraction of sp³-hybridized carbons (Fsp3) is 0.308. The monoisotopic (exact) mass is 520 g/mol. The van der Waals surface area contributed by atoms with Crippen molar-refractivity contribution in [3.05, 3.63) is 60.7 Å². The van der Waals surface area contributed by atoms with Crippen LogP contribution in [0.2, 0.25) is 0 Å². The van der Waals surface area contributed by atoms with Crippen LogP contribution in [0.15, 0.2) is 60.7 Å². The van der Waals surface area contributed by atoms with Gasteiger partial charge >= 0.3 is 0 Å². The minimum absolute atomic E-state index is 0.0701. The lowest BCUT2D eigenvalue weighted by atomic mass is 10.2. The van der Waals surface area contributed by atoms with Crippen molar-refractivity contribution in [2.45, 2.75) is 50.6 Å². The minimum atomic E-state index is -0.855. The number of amides is 6. The van der Waals surface area contributed by atoms with E-state index < -0.39 is 23.9 Å². The highest BCUT2D eigenvalue weighted by molar-refractivity contribution is 6.23. The maximum Gasteiger partial charge on any atom is 0.253 e. The summed E-state index contributed by atoms with van der Waals surface area (Å²) in [5.74, 6) is -2.36. The molecule has 4 rings (SSSR count). The Morgan fingerprint density at radius 1 is 0.632 bits per heavy atom. The molecule has 0 spiro atoms. The van der Waals surface area contributed by atoms with Crippen LogP contribution in [-0.4, -0.2) is 47.5 Å². The Labute approximate surface area is 218 Å². The standard InChI is InChI=1S/C26H28N6O6/c33-21(29-27-19-15-23(35)31(25(19)37)17-9-3-1-4-10-17)13-7-8-14-22(34)30-28-20-16-24(36)32(26(20)38)18-11-5-2-6-12-18/h1-6,9-12,19-20,27-28H,7-8,13-16H2,(H,29,33)(H,30,34)/t19-,20+. The second kappa shape index (κ2) is 12.2. The van der Waals surface area contributed by atoms with E-state index in [1.165, 1.54) is 0 Å². The van der Waals surface area contributed by atoms with Crippen LogP contribution >= 0.6 is 0 Å². The zero-order valence-electron chi connectivity index (χ0n) is 20.5. The largest absolute Gasteiger partial charge is 0.291 e. The molecule has 198 valence electrons. The molecule has 0 aliphatic carbocycles. The molecule has 2 heterocycles. The van der Waals surface area contributed by atoms with E-state index in [0.717, 1.165) is 9.80 Å². The molecule has 2 saturated heterocycles. The van der Waals surface area contributed by atoms with Crippen molar-refractivity contribution in [2.75, 3.05) is 9.80 Å². The first-order valence-electron chi connectivity index (χ1n) is 12.3. The molecule has 2 aliphatic heterocycles. The molecule has 0 unspecified atom stereocenters. The van der Waals surface area contributed by atoms with Crippen LogP contribution in [0.1, 0.15) is 38.5 Å². The van der Waals surface area contributed by atoms with Crippen molar-refractivity contribution in [3.8, 4) is 0 Å².